The molecule has 1 aliphatic carbocycles. The van der Waals surface area contributed by atoms with Crippen molar-refractivity contribution in [2.24, 2.45) is 7.05 Å². The van der Waals surface area contributed by atoms with Crippen LogP contribution >= 0.6 is 11.3 Å². The van der Waals surface area contributed by atoms with Gasteiger partial charge in [-0.05, 0) is 32.3 Å². The number of hydrogen-bond donors (Lipinski definition) is 1. The van der Waals surface area contributed by atoms with Crippen molar-refractivity contribution in [1.82, 2.24) is 19.2 Å². The summed E-state index contributed by atoms with van der Waals surface area (Å²) in [4.78, 5) is 17.6. The summed E-state index contributed by atoms with van der Waals surface area (Å²) in [6, 6.07) is 1.22. The second-order valence-corrected chi connectivity index (χ2v) is 9.46. The fraction of sp³-hybridized carbons (Fsp3) is 0.500. The van der Waals surface area contributed by atoms with E-state index in [9.17, 15) is 13.2 Å². The van der Waals surface area contributed by atoms with Gasteiger partial charge in [-0.2, -0.15) is 4.31 Å². The maximum absolute atomic E-state index is 13.1. The average Bonchev–Trinajstić information content (AvgIpc) is 3.15. The van der Waals surface area contributed by atoms with Gasteiger partial charge in [0, 0.05) is 32.2 Å². The summed E-state index contributed by atoms with van der Waals surface area (Å²) in [6.07, 6.45) is 4.08. The third-order valence-corrected chi connectivity index (χ3v) is 7.53. The number of amides is 1. The van der Waals surface area contributed by atoms with Crippen LogP contribution in [0.15, 0.2) is 17.2 Å². The van der Waals surface area contributed by atoms with Gasteiger partial charge in [-0.15, -0.1) is 11.3 Å². The largest absolute Gasteiger partial charge is 0.354 e. The Balaban J connectivity index is 1.97. The highest BCUT2D eigenvalue weighted by Crippen LogP contribution is 2.39. The van der Waals surface area contributed by atoms with E-state index < -0.39 is 10.0 Å². The molecule has 0 aliphatic heterocycles. The van der Waals surface area contributed by atoms with E-state index in [-0.39, 0.29) is 16.8 Å². The van der Waals surface area contributed by atoms with E-state index in [1.165, 1.54) is 28.2 Å². The molecule has 0 radical (unpaired) electrons. The Bertz CT molecular complexity index is 914. The maximum atomic E-state index is 13.1. The van der Waals surface area contributed by atoms with Crippen LogP contribution in [0.5, 0.6) is 0 Å². The SMILES string of the molecule is CNC(=O)c1cc(S(=O)(=O)N(C)C2CCCc3nc(C)sc32)cn1C. The van der Waals surface area contributed by atoms with Gasteiger partial charge in [0.25, 0.3) is 5.91 Å². The molecule has 136 valence electrons. The van der Waals surface area contributed by atoms with Gasteiger partial charge in [0.05, 0.1) is 16.7 Å². The van der Waals surface area contributed by atoms with E-state index in [1.807, 2.05) is 6.92 Å². The molecule has 0 spiro atoms. The number of aromatic nitrogens is 2. The molecule has 25 heavy (non-hydrogen) atoms. The minimum atomic E-state index is -3.70. The molecule has 2 aromatic rings. The quantitative estimate of drug-likeness (QED) is 0.875. The van der Waals surface area contributed by atoms with E-state index in [0.717, 1.165) is 34.8 Å². The minimum absolute atomic E-state index is 0.129. The van der Waals surface area contributed by atoms with Gasteiger partial charge < -0.3 is 9.88 Å². The topological polar surface area (TPSA) is 84.3 Å². The number of carbonyl (C=O) groups is 1. The van der Waals surface area contributed by atoms with Gasteiger partial charge in [-0.3, -0.25) is 4.79 Å². The van der Waals surface area contributed by atoms with Gasteiger partial charge in [0.2, 0.25) is 10.0 Å². The summed E-state index contributed by atoms with van der Waals surface area (Å²) in [5.74, 6) is -0.315. The molecule has 0 bridgehead atoms. The normalized spacial score (nSPS) is 17.6. The molecule has 1 amide bonds. The lowest BCUT2D eigenvalue weighted by atomic mass is 9.98. The van der Waals surface area contributed by atoms with Crippen molar-refractivity contribution in [2.75, 3.05) is 14.1 Å². The van der Waals surface area contributed by atoms with Gasteiger partial charge in [-0.25, -0.2) is 13.4 Å². The number of fused-ring (bicyclic) bond motifs is 1. The Kier molecular flexibility index (Phi) is 4.74. The van der Waals surface area contributed by atoms with Crippen molar-refractivity contribution >= 4 is 27.3 Å². The van der Waals surface area contributed by atoms with E-state index in [0.29, 0.717) is 5.69 Å². The first-order valence-electron chi connectivity index (χ1n) is 8.08. The van der Waals surface area contributed by atoms with E-state index in [2.05, 4.69) is 10.3 Å². The molecule has 2 heterocycles. The number of nitrogens with zero attached hydrogens (tertiary/aromatic N) is 3. The third-order valence-electron chi connectivity index (χ3n) is 4.58. The van der Waals surface area contributed by atoms with Gasteiger partial charge in [-0.1, -0.05) is 0 Å². The maximum Gasteiger partial charge on any atom is 0.267 e. The number of thiazole rings is 1. The zero-order valence-electron chi connectivity index (χ0n) is 14.7. The van der Waals surface area contributed by atoms with Crippen LogP contribution in [0.3, 0.4) is 0 Å². The highest BCUT2D eigenvalue weighted by molar-refractivity contribution is 7.89. The smallest absolute Gasteiger partial charge is 0.267 e. The monoisotopic (exact) mass is 382 g/mol. The number of carbonyl (C=O) groups excluding carboxylic acids is 1. The Morgan fingerprint density at radius 1 is 1.48 bits per heavy atom. The molecule has 2 aromatic heterocycles. The summed E-state index contributed by atoms with van der Waals surface area (Å²) in [5, 5.41) is 3.48. The highest BCUT2D eigenvalue weighted by Gasteiger charge is 2.35. The number of hydrogen-bond acceptors (Lipinski definition) is 5. The average molecular weight is 383 g/mol. The lowest BCUT2D eigenvalue weighted by Gasteiger charge is -2.29. The van der Waals surface area contributed by atoms with Crippen LogP contribution in [0.2, 0.25) is 0 Å². The van der Waals surface area contributed by atoms with Crippen LogP contribution in [0.25, 0.3) is 0 Å². The summed E-state index contributed by atoms with van der Waals surface area (Å²) in [6.45, 7) is 1.95. The van der Waals surface area contributed by atoms with Crippen molar-refractivity contribution in [2.45, 2.75) is 37.1 Å². The van der Waals surface area contributed by atoms with Gasteiger partial charge >= 0.3 is 0 Å². The van der Waals surface area contributed by atoms with E-state index in [4.69, 9.17) is 0 Å². The van der Waals surface area contributed by atoms with Crippen molar-refractivity contribution in [3.8, 4) is 0 Å². The Morgan fingerprint density at radius 3 is 2.88 bits per heavy atom. The molecule has 0 aromatic carbocycles. The summed E-state index contributed by atoms with van der Waals surface area (Å²) in [5.41, 5.74) is 1.33. The lowest BCUT2D eigenvalue weighted by Crippen LogP contribution is -2.32. The molecule has 3 rings (SSSR count). The molecule has 0 saturated heterocycles. The molecule has 1 N–H and O–H groups in total. The zero-order valence-corrected chi connectivity index (χ0v) is 16.4. The third kappa shape index (κ3) is 3.11. The molecule has 0 fully saturated rings. The first-order chi connectivity index (χ1) is 11.8. The van der Waals surface area contributed by atoms with Crippen molar-refractivity contribution in [1.29, 1.82) is 0 Å². The predicted molar refractivity (Wildman–Crippen MR) is 96.3 cm³/mol. The molecule has 0 saturated carbocycles. The number of rotatable bonds is 4. The van der Waals surface area contributed by atoms with Gasteiger partial charge in [0.1, 0.15) is 10.6 Å². The summed E-state index contributed by atoms with van der Waals surface area (Å²) < 4.78 is 29.1. The van der Waals surface area contributed by atoms with Crippen LogP contribution < -0.4 is 5.32 Å². The molecule has 1 aliphatic rings. The minimum Gasteiger partial charge on any atom is -0.354 e. The van der Waals surface area contributed by atoms with Crippen LogP contribution in [0.1, 0.15) is 45.0 Å². The molecular formula is C16H22N4O3S2. The Hall–Kier alpha value is -1.71. The molecular weight excluding hydrogens is 360 g/mol. The van der Waals surface area contributed by atoms with Crippen molar-refractivity contribution < 1.29 is 13.2 Å². The molecule has 9 heteroatoms. The van der Waals surface area contributed by atoms with Crippen LogP contribution in [0.4, 0.5) is 0 Å². The fourth-order valence-corrected chi connectivity index (χ4v) is 5.88. The van der Waals surface area contributed by atoms with Gasteiger partial charge in [0.15, 0.2) is 0 Å². The standard InChI is InChI=1S/C16H22N4O3S2/c1-10-18-12-6-5-7-13(15(12)24-10)20(4)25(22,23)11-8-14(16(21)17-2)19(3)9-11/h8-9,13H,5-7H2,1-4H3,(H,17,21). The fourth-order valence-electron chi connectivity index (χ4n) is 3.23. The highest BCUT2D eigenvalue weighted by atomic mass is 32.2. The number of nitrogens with one attached hydrogen (secondary N) is 1. The first kappa shape index (κ1) is 18.1. The molecule has 7 nitrogen and oxygen atoms in total. The predicted octanol–water partition coefficient (Wildman–Crippen LogP) is 1.85. The second-order valence-electron chi connectivity index (χ2n) is 6.22. The van der Waals surface area contributed by atoms with Crippen molar-refractivity contribution in [3.63, 3.8) is 0 Å². The van der Waals surface area contributed by atoms with Crippen LogP contribution in [-0.2, 0) is 23.5 Å². The Morgan fingerprint density at radius 2 is 2.20 bits per heavy atom. The van der Waals surface area contributed by atoms with Crippen LogP contribution in [-0.4, -0.2) is 42.3 Å². The Labute approximate surface area is 151 Å². The molecule has 1 unspecified atom stereocenters. The van der Waals surface area contributed by atoms with Crippen molar-refractivity contribution in [3.05, 3.63) is 33.5 Å². The molecule has 1 atom stereocenters. The summed E-state index contributed by atoms with van der Waals surface area (Å²) in [7, 11) is 1.08. The first-order valence-corrected chi connectivity index (χ1v) is 10.3. The second kappa shape index (κ2) is 6.54. The van der Waals surface area contributed by atoms with E-state index >= 15 is 0 Å². The van der Waals surface area contributed by atoms with Crippen LogP contribution in [0, 0.1) is 6.92 Å². The zero-order chi connectivity index (χ0) is 18.4. The number of sulfonamides is 1. The summed E-state index contributed by atoms with van der Waals surface area (Å²) >= 11 is 1.57. The number of aryl methyl sites for hydroxylation is 3. The van der Waals surface area contributed by atoms with E-state index in [1.54, 1.807) is 25.4 Å². The lowest BCUT2D eigenvalue weighted by molar-refractivity contribution is 0.0955.